The summed E-state index contributed by atoms with van der Waals surface area (Å²) < 4.78 is 6.06. The zero-order valence-corrected chi connectivity index (χ0v) is 14.1. The van der Waals surface area contributed by atoms with Gasteiger partial charge in [-0.2, -0.15) is 0 Å². The number of methoxy groups -OCH3 is 1. The van der Waals surface area contributed by atoms with Gasteiger partial charge in [-0.25, -0.2) is 0 Å². The van der Waals surface area contributed by atoms with Gasteiger partial charge in [-0.3, -0.25) is 4.79 Å². The second-order valence-corrected chi connectivity index (χ2v) is 5.81. The molecular weight excluding hydrogens is 320 g/mol. The molecule has 5 heteroatoms. The van der Waals surface area contributed by atoms with Gasteiger partial charge < -0.3 is 15.8 Å². The average molecular weight is 343 g/mol. The molecule has 0 aromatic heterocycles. The molecule has 0 saturated heterocycles. The molecule has 20 heavy (non-hydrogen) atoms. The molecule has 0 fully saturated rings. The molecule has 1 aromatic carbocycles. The van der Waals surface area contributed by atoms with Gasteiger partial charge in [0.2, 0.25) is 5.91 Å². The molecule has 4 nitrogen and oxygen atoms in total. The van der Waals surface area contributed by atoms with Crippen molar-refractivity contribution in [2.24, 2.45) is 5.73 Å². The lowest BCUT2D eigenvalue weighted by atomic mass is 9.92. The Morgan fingerprint density at radius 2 is 2.05 bits per heavy atom. The van der Waals surface area contributed by atoms with Crippen LogP contribution in [0.4, 0.5) is 0 Å². The van der Waals surface area contributed by atoms with E-state index in [0.29, 0.717) is 12.8 Å². The van der Waals surface area contributed by atoms with Crippen molar-refractivity contribution in [3.63, 3.8) is 0 Å². The summed E-state index contributed by atoms with van der Waals surface area (Å²) in [6.07, 6.45) is 1.24. The maximum atomic E-state index is 12.2. The van der Waals surface area contributed by atoms with Gasteiger partial charge in [0, 0.05) is 0 Å². The van der Waals surface area contributed by atoms with Gasteiger partial charge >= 0.3 is 0 Å². The number of carbonyl (C=O) groups excluding carboxylic acids is 1. The molecule has 0 aliphatic carbocycles. The van der Waals surface area contributed by atoms with Crippen LogP contribution in [0.25, 0.3) is 0 Å². The Morgan fingerprint density at radius 1 is 1.45 bits per heavy atom. The van der Waals surface area contributed by atoms with Crippen LogP contribution < -0.4 is 15.8 Å². The molecule has 0 saturated carbocycles. The largest absolute Gasteiger partial charge is 0.496 e. The van der Waals surface area contributed by atoms with Crippen molar-refractivity contribution in [2.45, 2.75) is 45.2 Å². The number of amides is 1. The standard InChI is InChI=1S/C15H23BrN2O2/c1-5-15(17,6-2)14(19)18-10(3)11-7-8-13(20-4)12(16)9-11/h7-10H,5-6,17H2,1-4H3,(H,18,19). The first-order valence-electron chi connectivity index (χ1n) is 6.81. The van der Waals surface area contributed by atoms with Crippen LogP contribution in [0.2, 0.25) is 0 Å². The minimum absolute atomic E-state index is 0.106. The van der Waals surface area contributed by atoms with Crippen molar-refractivity contribution >= 4 is 21.8 Å². The van der Waals surface area contributed by atoms with Gasteiger partial charge in [0.1, 0.15) is 5.75 Å². The minimum Gasteiger partial charge on any atom is -0.496 e. The van der Waals surface area contributed by atoms with Gasteiger partial charge in [0.25, 0.3) is 0 Å². The summed E-state index contributed by atoms with van der Waals surface area (Å²) in [6, 6.07) is 5.65. The number of halogens is 1. The lowest BCUT2D eigenvalue weighted by Crippen LogP contribution is -2.53. The molecule has 112 valence electrons. The number of benzene rings is 1. The summed E-state index contributed by atoms with van der Waals surface area (Å²) in [5.41, 5.74) is 6.31. The van der Waals surface area contributed by atoms with E-state index in [2.05, 4.69) is 21.2 Å². The number of nitrogens with two attached hydrogens (primary N) is 1. The molecule has 1 unspecified atom stereocenters. The third-order valence-electron chi connectivity index (χ3n) is 3.74. The topological polar surface area (TPSA) is 64.4 Å². The number of rotatable bonds is 6. The summed E-state index contributed by atoms with van der Waals surface area (Å²) in [5.74, 6) is 0.657. The van der Waals surface area contributed by atoms with E-state index >= 15 is 0 Å². The first kappa shape index (κ1) is 17.0. The van der Waals surface area contributed by atoms with Crippen LogP contribution >= 0.6 is 15.9 Å². The zero-order valence-electron chi connectivity index (χ0n) is 12.5. The van der Waals surface area contributed by atoms with E-state index in [9.17, 15) is 4.79 Å². The number of ether oxygens (including phenoxy) is 1. The molecule has 1 atom stereocenters. The molecule has 1 aromatic rings. The van der Waals surface area contributed by atoms with Crippen molar-refractivity contribution in [3.05, 3.63) is 28.2 Å². The van der Waals surface area contributed by atoms with E-state index in [1.54, 1.807) is 7.11 Å². The lowest BCUT2D eigenvalue weighted by Gasteiger charge is -2.27. The van der Waals surface area contributed by atoms with Crippen LogP contribution in [0.1, 0.15) is 45.2 Å². The third kappa shape index (κ3) is 3.73. The fourth-order valence-corrected chi connectivity index (χ4v) is 2.51. The Labute approximate surface area is 129 Å². The van der Waals surface area contributed by atoms with Gasteiger partial charge in [-0.1, -0.05) is 19.9 Å². The highest BCUT2D eigenvalue weighted by atomic mass is 79.9. The van der Waals surface area contributed by atoms with Crippen molar-refractivity contribution in [2.75, 3.05) is 7.11 Å². The highest BCUT2D eigenvalue weighted by molar-refractivity contribution is 9.10. The van der Waals surface area contributed by atoms with Crippen LogP contribution in [0, 0.1) is 0 Å². The number of nitrogens with one attached hydrogen (secondary N) is 1. The summed E-state index contributed by atoms with van der Waals surface area (Å²) >= 11 is 3.45. The molecule has 3 N–H and O–H groups in total. The van der Waals surface area contributed by atoms with Gasteiger partial charge in [0.15, 0.2) is 0 Å². The normalized spacial score (nSPS) is 12.9. The molecule has 0 radical (unpaired) electrons. The summed E-state index contributed by atoms with van der Waals surface area (Å²) in [4.78, 5) is 12.2. The zero-order chi connectivity index (χ0) is 15.3. The van der Waals surface area contributed by atoms with Crippen molar-refractivity contribution < 1.29 is 9.53 Å². The number of hydrogen-bond donors (Lipinski definition) is 2. The Balaban J connectivity index is 2.83. The highest BCUT2D eigenvalue weighted by Crippen LogP contribution is 2.28. The molecule has 0 bridgehead atoms. The lowest BCUT2D eigenvalue weighted by molar-refractivity contribution is -0.127. The van der Waals surface area contributed by atoms with Crippen LogP contribution in [0.15, 0.2) is 22.7 Å². The fourth-order valence-electron chi connectivity index (χ4n) is 1.95. The predicted molar refractivity (Wildman–Crippen MR) is 84.8 cm³/mol. The molecular formula is C15H23BrN2O2. The monoisotopic (exact) mass is 342 g/mol. The minimum atomic E-state index is -0.794. The van der Waals surface area contributed by atoms with Gasteiger partial charge in [0.05, 0.1) is 23.2 Å². The van der Waals surface area contributed by atoms with E-state index in [0.717, 1.165) is 15.8 Å². The maximum Gasteiger partial charge on any atom is 0.240 e. The fraction of sp³-hybridized carbons (Fsp3) is 0.533. The quantitative estimate of drug-likeness (QED) is 0.834. The summed E-state index contributed by atoms with van der Waals surface area (Å²) in [7, 11) is 1.62. The first-order chi connectivity index (χ1) is 9.37. The predicted octanol–water partition coefficient (Wildman–Crippen LogP) is 3.15. The van der Waals surface area contributed by atoms with Crippen molar-refractivity contribution in [3.8, 4) is 5.75 Å². The highest BCUT2D eigenvalue weighted by Gasteiger charge is 2.30. The van der Waals surface area contributed by atoms with E-state index in [-0.39, 0.29) is 11.9 Å². The van der Waals surface area contributed by atoms with E-state index in [1.165, 1.54) is 0 Å². The Kier molecular flexibility index (Phi) is 6.02. The second kappa shape index (κ2) is 7.09. The average Bonchev–Trinajstić information content (AvgIpc) is 2.45. The Morgan fingerprint density at radius 3 is 2.50 bits per heavy atom. The molecule has 0 spiro atoms. The van der Waals surface area contributed by atoms with Gasteiger partial charge in [-0.15, -0.1) is 0 Å². The van der Waals surface area contributed by atoms with E-state index in [4.69, 9.17) is 10.5 Å². The smallest absolute Gasteiger partial charge is 0.240 e. The second-order valence-electron chi connectivity index (χ2n) is 4.95. The Hall–Kier alpha value is -1.07. The number of hydrogen-bond acceptors (Lipinski definition) is 3. The molecule has 0 aliphatic rings. The van der Waals surface area contributed by atoms with Crippen LogP contribution in [0.3, 0.4) is 0 Å². The molecule has 1 amide bonds. The summed E-state index contributed by atoms with van der Waals surface area (Å²) in [5, 5.41) is 2.98. The maximum absolute atomic E-state index is 12.2. The van der Waals surface area contributed by atoms with E-state index in [1.807, 2.05) is 39.0 Å². The number of carbonyl (C=O) groups is 1. The third-order valence-corrected chi connectivity index (χ3v) is 4.36. The first-order valence-corrected chi connectivity index (χ1v) is 7.60. The van der Waals surface area contributed by atoms with Crippen LogP contribution in [0.5, 0.6) is 5.75 Å². The molecule has 1 rings (SSSR count). The SMILES string of the molecule is CCC(N)(CC)C(=O)NC(C)c1ccc(OC)c(Br)c1. The summed E-state index contributed by atoms with van der Waals surface area (Å²) in [6.45, 7) is 5.80. The molecule has 0 aliphatic heterocycles. The Bertz CT molecular complexity index is 473. The molecule has 0 heterocycles. The van der Waals surface area contributed by atoms with Gasteiger partial charge in [-0.05, 0) is 53.4 Å². The van der Waals surface area contributed by atoms with Crippen LogP contribution in [-0.2, 0) is 4.79 Å². The van der Waals surface area contributed by atoms with Crippen molar-refractivity contribution in [1.82, 2.24) is 5.32 Å². The van der Waals surface area contributed by atoms with Crippen LogP contribution in [-0.4, -0.2) is 18.6 Å². The van der Waals surface area contributed by atoms with Crippen molar-refractivity contribution in [1.29, 1.82) is 0 Å². The van der Waals surface area contributed by atoms with E-state index < -0.39 is 5.54 Å².